The minimum atomic E-state index is -0.968. The molecule has 0 saturated carbocycles. The van der Waals surface area contributed by atoms with E-state index in [4.69, 9.17) is 15.9 Å². The molecule has 0 aliphatic rings. The van der Waals surface area contributed by atoms with Gasteiger partial charge in [0.1, 0.15) is 0 Å². The molecule has 4 heteroatoms. The van der Waals surface area contributed by atoms with E-state index in [0.29, 0.717) is 19.4 Å². The Morgan fingerprint density at radius 3 is 2.60 bits per heavy atom. The van der Waals surface area contributed by atoms with Gasteiger partial charge in [-0.3, -0.25) is 4.79 Å². The number of carboxylic acid groups (broad SMARTS) is 1. The molecule has 0 aromatic rings. The summed E-state index contributed by atoms with van der Waals surface area (Å²) < 4.78 is 0. The first-order chi connectivity index (χ1) is 4.66. The van der Waals surface area contributed by atoms with Crippen LogP contribution in [0, 0.1) is 0 Å². The van der Waals surface area contributed by atoms with E-state index in [1.165, 1.54) is 0 Å². The number of aliphatic carboxylic acids is 1. The van der Waals surface area contributed by atoms with E-state index in [1.54, 1.807) is 0 Å². The molecule has 0 aliphatic carbocycles. The Labute approximate surface area is 59.7 Å². The monoisotopic (exact) mass is 147 g/mol. The van der Waals surface area contributed by atoms with Crippen LogP contribution in [-0.2, 0) is 4.79 Å². The second kappa shape index (κ2) is 5.20. The van der Waals surface area contributed by atoms with Crippen molar-refractivity contribution >= 4 is 5.97 Å². The van der Waals surface area contributed by atoms with Crippen LogP contribution in [0.5, 0.6) is 0 Å². The molecule has 0 rings (SSSR count). The zero-order valence-corrected chi connectivity index (χ0v) is 5.79. The molecule has 10 heavy (non-hydrogen) atoms. The van der Waals surface area contributed by atoms with E-state index in [0.717, 1.165) is 0 Å². The lowest BCUT2D eigenvalue weighted by Crippen LogP contribution is -2.14. The maximum atomic E-state index is 9.98. The summed E-state index contributed by atoms with van der Waals surface area (Å²) in [4.78, 5) is 9.98. The second-order valence-electron chi connectivity index (χ2n) is 2.18. The van der Waals surface area contributed by atoms with Gasteiger partial charge in [-0.25, -0.2) is 0 Å². The first-order valence-electron chi connectivity index (χ1n) is 3.26. The molecule has 0 amide bonds. The largest absolute Gasteiger partial charge is 0.481 e. The molecule has 0 aromatic carbocycles. The van der Waals surface area contributed by atoms with Crippen molar-refractivity contribution in [3.05, 3.63) is 0 Å². The molecule has 0 saturated heterocycles. The van der Waals surface area contributed by atoms with Crippen LogP contribution in [0.3, 0.4) is 0 Å². The van der Waals surface area contributed by atoms with Gasteiger partial charge < -0.3 is 15.9 Å². The molecule has 0 unspecified atom stereocenters. The summed E-state index contributed by atoms with van der Waals surface area (Å²) in [7, 11) is 0. The smallest absolute Gasteiger partial charge is 0.305 e. The van der Waals surface area contributed by atoms with Crippen molar-refractivity contribution in [3.8, 4) is 0 Å². The highest BCUT2D eigenvalue weighted by Crippen LogP contribution is 1.99. The number of hydrogen-bond acceptors (Lipinski definition) is 3. The summed E-state index contributed by atoms with van der Waals surface area (Å²) >= 11 is 0. The van der Waals surface area contributed by atoms with Gasteiger partial charge in [-0.05, 0) is 19.4 Å². The molecule has 0 aliphatic heterocycles. The molecule has 4 N–H and O–H groups in total. The third-order valence-electron chi connectivity index (χ3n) is 1.15. The van der Waals surface area contributed by atoms with Crippen molar-refractivity contribution in [1.82, 2.24) is 0 Å². The minimum absolute atomic E-state index is 0.181. The average molecular weight is 147 g/mol. The van der Waals surface area contributed by atoms with E-state index in [2.05, 4.69) is 0 Å². The molecule has 0 bridgehead atoms. The maximum absolute atomic E-state index is 9.98. The standard InChI is InChI=1S/C6H13NO3/c7-3-1-2-5(8)4-6(9)10/h5,8H,1-4,7H2,(H,9,10)/t5-/m0/s1. The van der Waals surface area contributed by atoms with Crippen molar-refractivity contribution in [3.63, 3.8) is 0 Å². The first kappa shape index (κ1) is 9.39. The predicted octanol–water partition coefficient (Wildman–Crippen LogP) is -0.439. The second-order valence-corrected chi connectivity index (χ2v) is 2.18. The fraction of sp³-hybridized carbons (Fsp3) is 0.833. The van der Waals surface area contributed by atoms with Crippen LogP contribution in [0.25, 0.3) is 0 Å². The molecule has 0 aromatic heterocycles. The molecule has 1 atom stereocenters. The van der Waals surface area contributed by atoms with Crippen molar-refractivity contribution < 1.29 is 15.0 Å². The fourth-order valence-corrected chi connectivity index (χ4v) is 0.657. The number of carboxylic acids is 1. The van der Waals surface area contributed by atoms with Gasteiger partial charge >= 0.3 is 5.97 Å². The zero-order valence-electron chi connectivity index (χ0n) is 5.79. The normalized spacial score (nSPS) is 13.0. The van der Waals surface area contributed by atoms with Gasteiger partial charge in [0.05, 0.1) is 12.5 Å². The lowest BCUT2D eigenvalue weighted by molar-refractivity contribution is -0.139. The van der Waals surface area contributed by atoms with Crippen LogP contribution in [0.2, 0.25) is 0 Å². The van der Waals surface area contributed by atoms with Crippen LogP contribution >= 0.6 is 0 Å². The van der Waals surface area contributed by atoms with Gasteiger partial charge in [0.15, 0.2) is 0 Å². The van der Waals surface area contributed by atoms with E-state index in [9.17, 15) is 4.79 Å². The number of nitrogens with two attached hydrogens (primary N) is 1. The van der Waals surface area contributed by atoms with E-state index >= 15 is 0 Å². The molecular weight excluding hydrogens is 134 g/mol. The van der Waals surface area contributed by atoms with E-state index in [1.807, 2.05) is 0 Å². The van der Waals surface area contributed by atoms with E-state index < -0.39 is 12.1 Å². The molecular formula is C6H13NO3. The van der Waals surface area contributed by atoms with E-state index in [-0.39, 0.29) is 6.42 Å². The molecule has 0 spiro atoms. The van der Waals surface area contributed by atoms with Crippen LogP contribution < -0.4 is 5.73 Å². The fourth-order valence-electron chi connectivity index (χ4n) is 0.657. The maximum Gasteiger partial charge on any atom is 0.305 e. The van der Waals surface area contributed by atoms with Crippen LogP contribution in [0.4, 0.5) is 0 Å². The number of rotatable bonds is 5. The summed E-state index contributed by atoms with van der Waals surface area (Å²) in [6.45, 7) is 0.497. The topological polar surface area (TPSA) is 83.5 Å². The highest BCUT2D eigenvalue weighted by molar-refractivity contribution is 5.67. The van der Waals surface area contributed by atoms with Crippen molar-refractivity contribution in [1.29, 1.82) is 0 Å². The first-order valence-corrected chi connectivity index (χ1v) is 3.26. The quantitative estimate of drug-likeness (QED) is 0.492. The Kier molecular flexibility index (Phi) is 4.88. The number of hydrogen-bond donors (Lipinski definition) is 3. The summed E-state index contributed by atoms with van der Waals surface area (Å²) in [5.41, 5.74) is 5.15. The van der Waals surface area contributed by atoms with Gasteiger partial charge in [0, 0.05) is 0 Å². The summed E-state index contributed by atoms with van der Waals surface area (Å²) in [6, 6.07) is 0. The summed E-state index contributed by atoms with van der Waals surface area (Å²) in [5.74, 6) is -0.968. The van der Waals surface area contributed by atoms with Crippen LogP contribution in [0.1, 0.15) is 19.3 Å². The molecule has 0 heterocycles. The van der Waals surface area contributed by atoms with Gasteiger partial charge in [-0.15, -0.1) is 0 Å². The third kappa shape index (κ3) is 5.53. The van der Waals surface area contributed by atoms with Gasteiger partial charge in [-0.1, -0.05) is 0 Å². The highest BCUT2D eigenvalue weighted by Gasteiger charge is 2.07. The number of aliphatic hydroxyl groups is 1. The van der Waals surface area contributed by atoms with Crippen LogP contribution in [0.15, 0.2) is 0 Å². The molecule has 0 radical (unpaired) electrons. The summed E-state index contributed by atoms with van der Waals surface area (Å²) in [6.07, 6.45) is 0.234. The highest BCUT2D eigenvalue weighted by atomic mass is 16.4. The molecule has 60 valence electrons. The number of aliphatic hydroxyl groups excluding tert-OH is 1. The lowest BCUT2D eigenvalue weighted by atomic mass is 10.1. The SMILES string of the molecule is NCCC[C@H](O)CC(=O)O. The third-order valence-corrected chi connectivity index (χ3v) is 1.15. The van der Waals surface area contributed by atoms with Crippen molar-refractivity contribution in [2.45, 2.75) is 25.4 Å². The number of carbonyl (C=O) groups is 1. The Morgan fingerprint density at radius 2 is 2.20 bits per heavy atom. The lowest BCUT2D eigenvalue weighted by Gasteiger charge is -2.04. The Morgan fingerprint density at radius 1 is 1.60 bits per heavy atom. The Bertz CT molecular complexity index is 105. The minimum Gasteiger partial charge on any atom is -0.481 e. The Hall–Kier alpha value is -0.610. The average Bonchev–Trinajstić information content (AvgIpc) is 1.82. The van der Waals surface area contributed by atoms with Gasteiger partial charge in [0.25, 0.3) is 0 Å². The van der Waals surface area contributed by atoms with Crippen molar-refractivity contribution in [2.75, 3.05) is 6.54 Å². The van der Waals surface area contributed by atoms with Gasteiger partial charge in [-0.2, -0.15) is 0 Å². The Balaban J connectivity index is 3.25. The summed E-state index contributed by atoms with van der Waals surface area (Å²) in [5, 5.41) is 17.1. The van der Waals surface area contributed by atoms with Crippen LogP contribution in [-0.4, -0.2) is 28.8 Å². The molecule has 0 fully saturated rings. The predicted molar refractivity (Wildman–Crippen MR) is 36.5 cm³/mol. The molecule has 4 nitrogen and oxygen atoms in total. The van der Waals surface area contributed by atoms with Crippen molar-refractivity contribution in [2.24, 2.45) is 5.73 Å². The van der Waals surface area contributed by atoms with Gasteiger partial charge in [0.2, 0.25) is 0 Å². The zero-order chi connectivity index (χ0) is 7.98.